The van der Waals surface area contributed by atoms with E-state index in [-0.39, 0.29) is 11.7 Å². The Morgan fingerprint density at radius 2 is 2.00 bits per heavy atom. The third-order valence-electron chi connectivity index (χ3n) is 5.62. The summed E-state index contributed by atoms with van der Waals surface area (Å²) in [5.74, 6) is 1.53. The van der Waals surface area contributed by atoms with Crippen molar-refractivity contribution < 1.29 is 9.53 Å². The number of nitrogens with one attached hydrogen (secondary N) is 1. The number of aromatic nitrogens is 3. The third kappa shape index (κ3) is 6.20. The molecule has 1 aromatic heterocycles. The fourth-order valence-electron chi connectivity index (χ4n) is 3.94. The second kappa shape index (κ2) is 11.9. The SMILES string of the molecule is COc1ccc(/C=N\NC(=O)CSc2nnc(-c3ccc(Cl)cc3)n2C2CCCCC2)cc1Br. The minimum absolute atomic E-state index is 0.190. The number of amides is 1. The van der Waals surface area contributed by atoms with Gasteiger partial charge in [0, 0.05) is 16.6 Å². The van der Waals surface area contributed by atoms with Crippen molar-refractivity contribution in [1.82, 2.24) is 20.2 Å². The van der Waals surface area contributed by atoms with Crippen LogP contribution in [0.2, 0.25) is 5.02 Å². The highest BCUT2D eigenvalue weighted by atomic mass is 79.9. The van der Waals surface area contributed by atoms with E-state index in [0.29, 0.717) is 11.1 Å². The lowest BCUT2D eigenvalue weighted by atomic mass is 9.95. The summed E-state index contributed by atoms with van der Waals surface area (Å²) in [6.07, 6.45) is 7.38. The maximum absolute atomic E-state index is 12.4. The Morgan fingerprint density at radius 1 is 1.24 bits per heavy atom. The lowest BCUT2D eigenvalue weighted by Crippen LogP contribution is -2.20. The van der Waals surface area contributed by atoms with E-state index < -0.39 is 0 Å². The van der Waals surface area contributed by atoms with Crippen LogP contribution in [0.5, 0.6) is 5.75 Å². The Hall–Kier alpha value is -2.36. The molecule has 0 unspecified atom stereocenters. The van der Waals surface area contributed by atoms with Gasteiger partial charge in [-0.15, -0.1) is 10.2 Å². The summed E-state index contributed by atoms with van der Waals surface area (Å²) >= 11 is 10.9. The molecule has 4 rings (SSSR count). The van der Waals surface area contributed by atoms with Gasteiger partial charge >= 0.3 is 0 Å². The molecule has 0 radical (unpaired) electrons. The number of thioether (sulfide) groups is 1. The Labute approximate surface area is 216 Å². The number of hydrazone groups is 1. The number of hydrogen-bond donors (Lipinski definition) is 1. The zero-order chi connectivity index (χ0) is 23.9. The van der Waals surface area contributed by atoms with E-state index in [1.165, 1.54) is 31.0 Å². The zero-order valence-corrected chi connectivity index (χ0v) is 21.9. The molecule has 34 heavy (non-hydrogen) atoms. The van der Waals surface area contributed by atoms with Gasteiger partial charge < -0.3 is 4.74 Å². The monoisotopic (exact) mass is 561 g/mol. The smallest absolute Gasteiger partial charge is 0.250 e. The number of hydrogen-bond acceptors (Lipinski definition) is 6. The standard InChI is InChI=1S/C24H25BrClN5O2S/c1-33-21-12-7-16(13-20(21)25)14-27-28-22(32)15-34-24-30-29-23(17-8-10-18(26)11-9-17)31(24)19-5-3-2-4-6-19/h7-14,19H,2-6,15H2,1H3,(H,28,32)/b27-14-. The largest absolute Gasteiger partial charge is 0.496 e. The lowest BCUT2D eigenvalue weighted by Gasteiger charge is -2.25. The van der Waals surface area contributed by atoms with E-state index in [0.717, 1.165) is 45.2 Å². The van der Waals surface area contributed by atoms with E-state index in [9.17, 15) is 4.79 Å². The second-order valence-electron chi connectivity index (χ2n) is 7.95. The van der Waals surface area contributed by atoms with Crippen molar-refractivity contribution in [3.63, 3.8) is 0 Å². The molecule has 178 valence electrons. The van der Waals surface area contributed by atoms with Crippen LogP contribution < -0.4 is 10.2 Å². The Bertz CT molecular complexity index is 1160. The molecule has 1 heterocycles. The third-order valence-corrected chi connectivity index (χ3v) is 7.43. The van der Waals surface area contributed by atoms with Crippen LogP contribution in [0.25, 0.3) is 11.4 Å². The van der Waals surface area contributed by atoms with Crippen LogP contribution in [0.15, 0.2) is 57.2 Å². The molecule has 1 saturated carbocycles. The number of nitrogens with zero attached hydrogens (tertiary/aromatic N) is 4. The van der Waals surface area contributed by atoms with Crippen LogP contribution in [-0.2, 0) is 4.79 Å². The predicted octanol–water partition coefficient (Wildman–Crippen LogP) is 6.12. The van der Waals surface area contributed by atoms with Gasteiger partial charge in [0.2, 0.25) is 0 Å². The van der Waals surface area contributed by atoms with Gasteiger partial charge in [0.1, 0.15) is 5.75 Å². The van der Waals surface area contributed by atoms with Gasteiger partial charge in [-0.05, 0) is 76.8 Å². The average Bonchev–Trinajstić information content (AvgIpc) is 3.28. The van der Waals surface area contributed by atoms with Crippen molar-refractivity contribution in [2.45, 2.75) is 43.3 Å². The highest BCUT2D eigenvalue weighted by Gasteiger charge is 2.24. The molecule has 0 bridgehead atoms. The molecule has 0 spiro atoms. The fraction of sp³-hybridized carbons (Fsp3) is 0.333. The van der Waals surface area contributed by atoms with Crippen molar-refractivity contribution in [3.8, 4) is 17.1 Å². The van der Waals surface area contributed by atoms with Crippen molar-refractivity contribution >= 4 is 51.4 Å². The van der Waals surface area contributed by atoms with Crippen LogP contribution in [0.1, 0.15) is 43.7 Å². The van der Waals surface area contributed by atoms with E-state index >= 15 is 0 Å². The summed E-state index contributed by atoms with van der Waals surface area (Å²) in [6.45, 7) is 0. The van der Waals surface area contributed by atoms with Crippen LogP contribution in [-0.4, -0.2) is 39.7 Å². The second-order valence-corrected chi connectivity index (χ2v) is 10.2. The lowest BCUT2D eigenvalue weighted by molar-refractivity contribution is -0.118. The Morgan fingerprint density at radius 3 is 2.71 bits per heavy atom. The molecule has 0 saturated heterocycles. The summed E-state index contributed by atoms with van der Waals surface area (Å²) in [7, 11) is 1.61. The minimum atomic E-state index is -0.208. The molecule has 3 aromatic rings. The molecule has 1 N–H and O–H groups in total. The van der Waals surface area contributed by atoms with E-state index in [2.05, 4.69) is 41.2 Å². The summed E-state index contributed by atoms with van der Waals surface area (Å²) in [6, 6.07) is 13.5. The fourth-order valence-corrected chi connectivity index (χ4v) is 5.43. The zero-order valence-electron chi connectivity index (χ0n) is 18.7. The van der Waals surface area contributed by atoms with Gasteiger partial charge in [-0.25, -0.2) is 5.43 Å². The average molecular weight is 563 g/mol. The number of carbonyl (C=O) groups excluding carboxylic acids is 1. The Balaban J connectivity index is 1.43. The summed E-state index contributed by atoms with van der Waals surface area (Å²) in [5, 5.41) is 14.4. The van der Waals surface area contributed by atoms with Crippen molar-refractivity contribution in [2.24, 2.45) is 5.10 Å². The van der Waals surface area contributed by atoms with E-state index in [4.69, 9.17) is 16.3 Å². The minimum Gasteiger partial charge on any atom is -0.496 e. The molecule has 7 nitrogen and oxygen atoms in total. The van der Waals surface area contributed by atoms with Gasteiger partial charge in [0.05, 0.1) is 23.5 Å². The van der Waals surface area contributed by atoms with Crippen LogP contribution in [0.4, 0.5) is 0 Å². The first kappa shape index (κ1) is 24.8. The molecule has 1 aliphatic carbocycles. The van der Waals surface area contributed by atoms with Crippen LogP contribution in [0.3, 0.4) is 0 Å². The maximum atomic E-state index is 12.4. The normalized spacial score (nSPS) is 14.4. The molecule has 1 aliphatic rings. The number of ether oxygens (including phenoxy) is 1. The number of carbonyl (C=O) groups is 1. The van der Waals surface area contributed by atoms with Crippen molar-refractivity contribution in [3.05, 3.63) is 57.5 Å². The predicted molar refractivity (Wildman–Crippen MR) is 140 cm³/mol. The van der Waals surface area contributed by atoms with Crippen molar-refractivity contribution in [1.29, 1.82) is 0 Å². The summed E-state index contributed by atoms with van der Waals surface area (Å²) in [5.41, 5.74) is 4.39. The van der Waals surface area contributed by atoms with Gasteiger partial charge in [0.15, 0.2) is 11.0 Å². The molecular formula is C24H25BrClN5O2S. The maximum Gasteiger partial charge on any atom is 0.250 e. The Kier molecular flexibility index (Phi) is 8.64. The topological polar surface area (TPSA) is 81.4 Å². The van der Waals surface area contributed by atoms with Gasteiger partial charge in [-0.2, -0.15) is 5.10 Å². The van der Waals surface area contributed by atoms with Gasteiger partial charge in [-0.1, -0.05) is 42.6 Å². The first-order valence-electron chi connectivity index (χ1n) is 11.0. The number of methoxy groups -OCH3 is 1. The molecule has 1 fully saturated rings. The molecule has 10 heteroatoms. The number of rotatable bonds is 8. The first-order valence-corrected chi connectivity index (χ1v) is 13.2. The molecule has 1 amide bonds. The number of benzene rings is 2. The van der Waals surface area contributed by atoms with Gasteiger partial charge in [0.25, 0.3) is 5.91 Å². The summed E-state index contributed by atoms with van der Waals surface area (Å²) in [4.78, 5) is 12.4. The van der Waals surface area contributed by atoms with Crippen LogP contribution >= 0.6 is 39.3 Å². The molecule has 0 atom stereocenters. The summed E-state index contributed by atoms with van der Waals surface area (Å²) < 4.78 is 8.23. The van der Waals surface area contributed by atoms with Gasteiger partial charge in [-0.3, -0.25) is 9.36 Å². The highest BCUT2D eigenvalue weighted by Crippen LogP contribution is 2.35. The molecule has 2 aromatic carbocycles. The number of halogens is 2. The van der Waals surface area contributed by atoms with E-state index in [1.54, 1.807) is 13.3 Å². The first-order chi connectivity index (χ1) is 16.5. The van der Waals surface area contributed by atoms with E-state index in [1.807, 2.05) is 42.5 Å². The van der Waals surface area contributed by atoms with Crippen LogP contribution in [0, 0.1) is 0 Å². The quantitative estimate of drug-likeness (QED) is 0.203. The van der Waals surface area contributed by atoms with Crippen molar-refractivity contribution in [2.75, 3.05) is 12.9 Å². The molecule has 0 aliphatic heterocycles. The molecular weight excluding hydrogens is 538 g/mol. The highest BCUT2D eigenvalue weighted by molar-refractivity contribution is 9.10.